The average molecular weight is 337 g/mol. The number of hydrogen-bond acceptors (Lipinski definition) is 3. The van der Waals surface area contributed by atoms with Crippen LogP contribution in [0.1, 0.15) is 42.2 Å². The number of amides is 1. The molecule has 4 aliphatic rings. The molecule has 1 aliphatic carbocycles. The summed E-state index contributed by atoms with van der Waals surface area (Å²) in [7, 11) is -3.20. The Balaban J connectivity index is 1.60. The molecule has 4 fully saturated rings. The largest absolute Gasteiger partial charge is 0.340 e. The molecular weight excluding hydrogens is 314 g/mol. The number of piperidine rings is 1. The first-order valence-electron chi connectivity index (χ1n) is 8.36. The van der Waals surface area contributed by atoms with Gasteiger partial charge in [0.2, 0.25) is 10.0 Å². The molecule has 5 rings (SSSR count). The van der Waals surface area contributed by atoms with Crippen LogP contribution >= 0.6 is 0 Å². The van der Waals surface area contributed by atoms with Crippen LogP contribution in [-0.2, 0) is 10.0 Å². The molecule has 1 amide bonds. The van der Waals surface area contributed by atoms with Crippen LogP contribution in [0.15, 0.2) is 18.3 Å². The summed E-state index contributed by atoms with van der Waals surface area (Å²) < 4.78 is 27.5. The van der Waals surface area contributed by atoms with Crippen LogP contribution in [0, 0.1) is 5.92 Å². The Morgan fingerprint density at radius 2 is 1.83 bits per heavy atom. The van der Waals surface area contributed by atoms with Gasteiger partial charge in [0.1, 0.15) is 5.69 Å². The third kappa shape index (κ3) is 2.80. The number of rotatable bonds is 3. The maximum Gasteiger partial charge on any atom is 0.270 e. The maximum atomic E-state index is 13.1. The predicted molar refractivity (Wildman–Crippen MR) is 86.7 cm³/mol. The highest BCUT2D eigenvalue weighted by Gasteiger charge is 2.41. The van der Waals surface area contributed by atoms with Crippen molar-refractivity contribution in [3.8, 4) is 0 Å². The van der Waals surface area contributed by atoms with E-state index in [1.54, 1.807) is 4.31 Å². The molecule has 1 saturated carbocycles. The second-order valence-corrected chi connectivity index (χ2v) is 9.15. The topological polar surface area (TPSA) is 62.6 Å². The van der Waals surface area contributed by atoms with Crippen molar-refractivity contribution in [1.29, 1.82) is 0 Å². The average Bonchev–Trinajstić information content (AvgIpc) is 3.29. The lowest BCUT2D eigenvalue weighted by Gasteiger charge is -2.36. The van der Waals surface area contributed by atoms with Gasteiger partial charge >= 0.3 is 0 Å². The van der Waals surface area contributed by atoms with Crippen LogP contribution in [0.25, 0.3) is 0 Å². The molecule has 1 aromatic heterocycles. The highest BCUT2D eigenvalue weighted by atomic mass is 32.2. The Hall–Kier alpha value is -1.34. The fraction of sp³-hybridized carbons (Fsp3) is 0.688. The number of sulfonamides is 1. The lowest BCUT2D eigenvalue weighted by atomic mass is 9.95. The van der Waals surface area contributed by atoms with Crippen molar-refractivity contribution in [2.75, 3.05) is 25.9 Å². The first-order chi connectivity index (χ1) is 10.9. The van der Waals surface area contributed by atoms with Gasteiger partial charge in [0, 0.05) is 37.9 Å². The molecule has 0 N–H and O–H groups in total. The SMILES string of the molecule is CS(=O)(=O)N1C[C@H]2CC[C@@H](C1)N(C(=O)c1cccn1C1CC1)C2. The van der Waals surface area contributed by atoms with Gasteiger partial charge in [-0.3, -0.25) is 4.79 Å². The van der Waals surface area contributed by atoms with Gasteiger partial charge in [-0.2, -0.15) is 4.31 Å². The number of aromatic nitrogens is 1. The summed E-state index contributed by atoms with van der Waals surface area (Å²) in [4.78, 5) is 15.0. The molecule has 3 aliphatic heterocycles. The number of fused-ring (bicyclic) bond motifs is 4. The quantitative estimate of drug-likeness (QED) is 0.836. The number of carbonyl (C=O) groups is 1. The fourth-order valence-electron chi connectivity index (χ4n) is 3.95. The van der Waals surface area contributed by atoms with E-state index in [1.165, 1.54) is 6.26 Å². The molecule has 23 heavy (non-hydrogen) atoms. The zero-order chi connectivity index (χ0) is 16.2. The molecule has 1 aromatic rings. The maximum absolute atomic E-state index is 13.1. The normalized spacial score (nSPS) is 28.8. The van der Waals surface area contributed by atoms with Crippen molar-refractivity contribution in [2.24, 2.45) is 5.92 Å². The number of nitrogens with zero attached hydrogens (tertiary/aromatic N) is 3. The smallest absolute Gasteiger partial charge is 0.270 e. The Labute approximate surface area is 137 Å². The van der Waals surface area contributed by atoms with E-state index < -0.39 is 10.0 Å². The third-order valence-corrected chi connectivity index (χ3v) is 6.58. The number of hydrogen-bond donors (Lipinski definition) is 0. The molecule has 2 bridgehead atoms. The first kappa shape index (κ1) is 15.2. The lowest BCUT2D eigenvalue weighted by Crippen LogP contribution is -2.48. The van der Waals surface area contributed by atoms with Crippen LogP contribution in [0.5, 0.6) is 0 Å². The van der Waals surface area contributed by atoms with Gasteiger partial charge < -0.3 is 9.47 Å². The minimum Gasteiger partial charge on any atom is -0.340 e. The van der Waals surface area contributed by atoms with Crippen LogP contribution in [-0.4, -0.2) is 60.0 Å². The van der Waals surface area contributed by atoms with Gasteiger partial charge in [-0.15, -0.1) is 0 Å². The first-order valence-corrected chi connectivity index (χ1v) is 10.2. The van der Waals surface area contributed by atoms with Gasteiger partial charge in [0.25, 0.3) is 5.91 Å². The molecule has 4 heterocycles. The summed E-state index contributed by atoms with van der Waals surface area (Å²) in [5.74, 6) is 0.309. The van der Waals surface area contributed by atoms with Gasteiger partial charge in [0.15, 0.2) is 0 Å². The van der Waals surface area contributed by atoms with E-state index in [0.717, 1.165) is 31.4 Å². The van der Waals surface area contributed by atoms with Crippen LogP contribution in [0.4, 0.5) is 0 Å². The minimum absolute atomic E-state index is 0.00136. The summed E-state index contributed by atoms with van der Waals surface area (Å²) in [6, 6.07) is 4.30. The molecule has 126 valence electrons. The number of carbonyl (C=O) groups excluding carboxylic acids is 1. The van der Waals surface area contributed by atoms with Crippen molar-refractivity contribution in [3.63, 3.8) is 0 Å². The Bertz CT molecular complexity index is 723. The lowest BCUT2D eigenvalue weighted by molar-refractivity contribution is 0.0577. The van der Waals surface area contributed by atoms with Crippen molar-refractivity contribution < 1.29 is 13.2 Å². The fourth-order valence-corrected chi connectivity index (χ4v) is 4.88. The second-order valence-electron chi connectivity index (χ2n) is 7.17. The molecule has 7 heteroatoms. The monoisotopic (exact) mass is 337 g/mol. The second kappa shape index (κ2) is 5.34. The van der Waals surface area contributed by atoms with Crippen molar-refractivity contribution >= 4 is 15.9 Å². The Morgan fingerprint density at radius 3 is 2.52 bits per heavy atom. The summed E-state index contributed by atoms with van der Waals surface area (Å²) in [6.45, 7) is 1.65. The van der Waals surface area contributed by atoms with Gasteiger partial charge in [-0.05, 0) is 43.7 Å². The van der Waals surface area contributed by atoms with Crippen molar-refractivity contribution in [1.82, 2.24) is 13.8 Å². The van der Waals surface area contributed by atoms with Crippen molar-refractivity contribution in [3.05, 3.63) is 24.0 Å². The molecule has 2 atom stereocenters. The predicted octanol–water partition coefficient (Wildman–Crippen LogP) is 1.32. The van der Waals surface area contributed by atoms with Crippen molar-refractivity contribution in [2.45, 2.75) is 37.8 Å². The van der Waals surface area contributed by atoms with E-state index in [2.05, 4.69) is 4.57 Å². The Morgan fingerprint density at radius 1 is 1.09 bits per heavy atom. The highest BCUT2D eigenvalue weighted by Crippen LogP contribution is 2.37. The summed E-state index contributed by atoms with van der Waals surface area (Å²) >= 11 is 0. The summed E-state index contributed by atoms with van der Waals surface area (Å²) in [5, 5.41) is 0. The molecule has 0 radical (unpaired) electrons. The molecule has 6 nitrogen and oxygen atoms in total. The molecular formula is C16H23N3O3S. The zero-order valence-electron chi connectivity index (χ0n) is 13.4. The summed E-state index contributed by atoms with van der Waals surface area (Å²) in [5.41, 5.74) is 0.756. The van der Waals surface area contributed by atoms with Crippen LogP contribution in [0.3, 0.4) is 0 Å². The van der Waals surface area contributed by atoms with Gasteiger partial charge in [-0.1, -0.05) is 0 Å². The summed E-state index contributed by atoms with van der Waals surface area (Å²) in [6.07, 6.45) is 7.44. The van der Waals surface area contributed by atoms with E-state index in [4.69, 9.17) is 0 Å². The minimum atomic E-state index is -3.20. The molecule has 0 aromatic carbocycles. The highest BCUT2D eigenvalue weighted by molar-refractivity contribution is 7.88. The van der Waals surface area contributed by atoms with Crippen LogP contribution in [0.2, 0.25) is 0 Å². The van der Waals surface area contributed by atoms with E-state index in [0.29, 0.717) is 25.7 Å². The molecule has 0 spiro atoms. The Kier molecular flexibility index (Phi) is 3.53. The zero-order valence-corrected chi connectivity index (χ0v) is 14.2. The van der Waals surface area contributed by atoms with E-state index in [9.17, 15) is 13.2 Å². The van der Waals surface area contributed by atoms with Gasteiger partial charge in [-0.25, -0.2) is 8.42 Å². The molecule has 0 unspecified atom stereocenters. The van der Waals surface area contributed by atoms with E-state index in [1.807, 2.05) is 23.2 Å². The van der Waals surface area contributed by atoms with Gasteiger partial charge in [0.05, 0.1) is 6.26 Å². The molecule has 3 saturated heterocycles. The standard InChI is InChI=1S/C16H23N3O3S/c1-23(21,22)17-9-12-4-5-14(11-17)19(10-12)16(20)15-3-2-8-18(15)13-6-7-13/h2-3,8,12-14H,4-7,9-11H2,1H3/t12-,14+/m1/s1. The third-order valence-electron chi connectivity index (χ3n) is 5.35. The van der Waals surface area contributed by atoms with E-state index in [-0.39, 0.29) is 17.9 Å². The van der Waals surface area contributed by atoms with E-state index >= 15 is 0 Å². The van der Waals surface area contributed by atoms with Crippen LogP contribution < -0.4 is 0 Å².